The van der Waals surface area contributed by atoms with Crippen LogP contribution < -0.4 is 0 Å². The molecular weight excluding hydrogens is 649 g/mol. The number of Topliss-reactive ketones (excluding diaryl/α,β-unsaturated/α-hetero) is 2. The quantitative estimate of drug-likeness (QED) is 0.160. The van der Waals surface area contributed by atoms with Gasteiger partial charge >= 0.3 is 0 Å². The predicted octanol–water partition coefficient (Wildman–Crippen LogP) is 7.79. The van der Waals surface area contributed by atoms with Gasteiger partial charge in [-0.3, -0.25) is 9.59 Å². The van der Waals surface area contributed by atoms with Gasteiger partial charge in [0.2, 0.25) is 0 Å². The SMILES string of the molecule is CCC(C)C(=O)C(C(=O)C(C)CC)c1nc(-c2ccccc2)c(-c2ccccc2)nc1-c1ccccc1.[Ir]. The summed E-state index contributed by atoms with van der Waals surface area (Å²) in [7, 11) is 0. The molecule has 0 aliphatic rings. The van der Waals surface area contributed by atoms with Crippen molar-refractivity contribution in [2.24, 2.45) is 11.8 Å². The molecule has 4 rings (SSSR count). The van der Waals surface area contributed by atoms with E-state index in [9.17, 15) is 9.59 Å². The fourth-order valence-corrected chi connectivity index (χ4v) is 4.43. The maximum atomic E-state index is 13.8. The summed E-state index contributed by atoms with van der Waals surface area (Å²) in [6.45, 7) is 7.74. The first-order valence-corrected chi connectivity index (χ1v) is 13.1. The molecule has 0 aliphatic carbocycles. The second-order valence-electron chi connectivity index (χ2n) is 9.61. The summed E-state index contributed by atoms with van der Waals surface area (Å²) in [5, 5.41) is 0. The van der Waals surface area contributed by atoms with Crippen molar-refractivity contribution in [1.29, 1.82) is 0 Å². The smallest absolute Gasteiger partial charge is 0.152 e. The summed E-state index contributed by atoms with van der Waals surface area (Å²) < 4.78 is 0. The Bertz CT molecular complexity index is 1340. The van der Waals surface area contributed by atoms with Crippen LogP contribution >= 0.6 is 0 Å². The Morgan fingerprint density at radius 2 is 0.921 bits per heavy atom. The molecule has 1 heterocycles. The van der Waals surface area contributed by atoms with Crippen molar-refractivity contribution in [2.45, 2.75) is 46.5 Å². The van der Waals surface area contributed by atoms with Crippen LogP contribution in [0.15, 0.2) is 91.0 Å². The Kier molecular flexibility index (Phi) is 10.4. The zero-order valence-electron chi connectivity index (χ0n) is 22.4. The standard InChI is InChI=1S/C33H34N2O2.Ir/c1-5-22(3)32(36)27(33(37)23(4)6-2)31-30(26-20-14-9-15-21-26)34-28(24-16-10-7-11-17-24)29(35-31)25-18-12-8-13-19-25;/h7-23,27H,5-6H2,1-4H3;. The average Bonchev–Trinajstić information content (AvgIpc) is 2.97. The number of nitrogens with zero attached hydrogens (tertiary/aromatic N) is 2. The fraction of sp³-hybridized carbons (Fsp3) is 0.273. The van der Waals surface area contributed by atoms with Gasteiger partial charge in [0.15, 0.2) is 11.6 Å². The monoisotopic (exact) mass is 683 g/mol. The van der Waals surface area contributed by atoms with Crippen LogP contribution in [0, 0.1) is 11.8 Å². The first-order chi connectivity index (χ1) is 18.0. The summed E-state index contributed by atoms with van der Waals surface area (Å²) in [6, 6.07) is 29.6. The number of carbonyl (C=O) groups is 2. The van der Waals surface area contributed by atoms with E-state index in [4.69, 9.17) is 9.97 Å². The van der Waals surface area contributed by atoms with Crippen LogP contribution in [0.4, 0.5) is 0 Å². The molecule has 0 saturated carbocycles. The molecule has 5 heteroatoms. The third-order valence-corrected chi connectivity index (χ3v) is 7.10. The summed E-state index contributed by atoms with van der Waals surface area (Å²) in [5.74, 6) is -1.69. The zero-order chi connectivity index (χ0) is 26.4. The molecule has 0 saturated heterocycles. The molecule has 38 heavy (non-hydrogen) atoms. The van der Waals surface area contributed by atoms with E-state index < -0.39 is 5.92 Å². The van der Waals surface area contributed by atoms with Gasteiger partial charge in [0.25, 0.3) is 0 Å². The van der Waals surface area contributed by atoms with Gasteiger partial charge in [-0.05, 0) is 12.8 Å². The minimum atomic E-state index is -0.972. The van der Waals surface area contributed by atoms with Gasteiger partial charge in [0.1, 0.15) is 5.92 Å². The van der Waals surface area contributed by atoms with E-state index in [1.54, 1.807) is 0 Å². The van der Waals surface area contributed by atoms with Gasteiger partial charge in [-0.1, -0.05) is 119 Å². The average molecular weight is 683 g/mol. The van der Waals surface area contributed by atoms with E-state index in [-0.39, 0.29) is 43.5 Å². The molecule has 0 spiro atoms. The van der Waals surface area contributed by atoms with E-state index in [1.807, 2.05) is 119 Å². The van der Waals surface area contributed by atoms with E-state index in [0.29, 0.717) is 29.9 Å². The van der Waals surface area contributed by atoms with Gasteiger partial charge in [0.05, 0.1) is 22.8 Å². The van der Waals surface area contributed by atoms with Crippen molar-refractivity contribution in [3.05, 3.63) is 96.7 Å². The number of rotatable bonds is 10. The Balaban J connectivity index is 0.00000400. The Morgan fingerprint density at radius 1 is 0.579 bits per heavy atom. The van der Waals surface area contributed by atoms with Crippen LogP contribution in [0.5, 0.6) is 0 Å². The van der Waals surface area contributed by atoms with E-state index in [2.05, 4.69) is 0 Å². The van der Waals surface area contributed by atoms with Crippen LogP contribution in [-0.2, 0) is 29.7 Å². The minimum Gasteiger partial charge on any atom is -0.298 e. The number of carbonyl (C=O) groups excluding carboxylic acids is 2. The molecule has 3 aromatic carbocycles. The fourth-order valence-electron chi connectivity index (χ4n) is 4.43. The van der Waals surface area contributed by atoms with Crippen molar-refractivity contribution in [3.8, 4) is 33.8 Å². The van der Waals surface area contributed by atoms with Crippen LogP contribution in [0.1, 0.15) is 52.1 Å². The zero-order valence-corrected chi connectivity index (χ0v) is 24.7. The number of ketones is 2. The van der Waals surface area contributed by atoms with Crippen LogP contribution in [0.25, 0.3) is 33.8 Å². The van der Waals surface area contributed by atoms with Crippen LogP contribution in [-0.4, -0.2) is 21.5 Å². The Morgan fingerprint density at radius 3 is 1.29 bits per heavy atom. The molecule has 0 bridgehead atoms. The topological polar surface area (TPSA) is 59.9 Å². The molecule has 0 N–H and O–H groups in total. The summed E-state index contributed by atoms with van der Waals surface area (Å²) >= 11 is 0. The molecule has 1 radical (unpaired) electrons. The summed E-state index contributed by atoms with van der Waals surface area (Å²) in [4.78, 5) is 38.0. The Labute approximate surface area is 239 Å². The van der Waals surface area contributed by atoms with Crippen LogP contribution in [0.2, 0.25) is 0 Å². The molecule has 197 valence electrons. The van der Waals surface area contributed by atoms with Crippen molar-refractivity contribution in [2.75, 3.05) is 0 Å². The second-order valence-corrected chi connectivity index (χ2v) is 9.61. The third-order valence-electron chi connectivity index (χ3n) is 7.10. The van der Waals surface area contributed by atoms with E-state index in [0.717, 1.165) is 22.4 Å². The Hall–Kier alpha value is -3.27. The largest absolute Gasteiger partial charge is 0.298 e. The van der Waals surface area contributed by atoms with Gasteiger partial charge in [-0.2, -0.15) is 0 Å². The molecule has 4 aromatic rings. The molecule has 2 unspecified atom stereocenters. The summed E-state index contributed by atoms with van der Waals surface area (Å²) in [5.41, 5.74) is 5.06. The molecule has 0 amide bonds. The van der Waals surface area contributed by atoms with Gasteiger partial charge in [0, 0.05) is 48.6 Å². The molecule has 4 nitrogen and oxygen atoms in total. The van der Waals surface area contributed by atoms with E-state index >= 15 is 0 Å². The minimum absolute atomic E-state index is 0. The maximum absolute atomic E-state index is 13.8. The second kappa shape index (κ2) is 13.5. The third kappa shape index (κ3) is 6.23. The number of hydrogen-bond donors (Lipinski definition) is 0. The van der Waals surface area contributed by atoms with Gasteiger partial charge in [-0.15, -0.1) is 0 Å². The molecular formula is C33H34IrN2O2. The van der Waals surface area contributed by atoms with Crippen molar-refractivity contribution >= 4 is 11.6 Å². The maximum Gasteiger partial charge on any atom is 0.152 e. The first-order valence-electron chi connectivity index (χ1n) is 13.1. The van der Waals surface area contributed by atoms with Gasteiger partial charge < -0.3 is 0 Å². The number of aromatic nitrogens is 2. The molecule has 2 atom stereocenters. The predicted molar refractivity (Wildman–Crippen MR) is 150 cm³/mol. The normalized spacial score (nSPS) is 13.2. The summed E-state index contributed by atoms with van der Waals surface area (Å²) in [6.07, 6.45) is 1.32. The van der Waals surface area contributed by atoms with E-state index in [1.165, 1.54) is 0 Å². The van der Waals surface area contributed by atoms with Gasteiger partial charge in [-0.25, -0.2) is 9.97 Å². The van der Waals surface area contributed by atoms with Crippen molar-refractivity contribution < 1.29 is 29.7 Å². The first kappa shape index (κ1) is 29.3. The number of benzene rings is 3. The molecule has 0 fully saturated rings. The van der Waals surface area contributed by atoms with Crippen molar-refractivity contribution in [3.63, 3.8) is 0 Å². The molecule has 0 aliphatic heterocycles. The molecule has 1 aromatic heterocycles. The number of hydrogen-bond acceptors (Lipinski definition) is 4. The van der Waals surface area contributed by atoms with Crippen LogP contribution in [0.3, 0.4) is 0 Å². The van der Waals surface area contributed by atoms with Crippen molar-refractivity contribution in [1.82, 2.24) is 9.97 Å².